The van der Waals surface area contributed by atoms with E-state index in [1.54, 1.807) is 6.07 Å². The first-order valence-corrected chi connectivity index (χ1v) is 7.43. The molecule has 2 aromatic carbocycles. The molecule has 1 aliphatic heterocycles. The van der Waals surface area contributed by atoms with Gasteiger partial charge in [0.1, 0.15) is 17.7 Å². The van der Waals surface area contributed by atoms with E-state index in [4.69, 9.17) is 16.3 Å². The van der Waals surface area contributed by atoms with Gasteiger partial charge in [0.05, 0.1) is 12.2 Å². The predicted molar refractivity (Wildman–Crippen MR) is 82.2 cm³/mol. The summed E-state index contributed by atoms with van der Waals surface area (Å²) in [5.74, 6) is 0.609. The maximum atomic E-state index is 13.2. The Morgan fingerprint density at radius 1 is 1.30 bits per heavy atom. The molecule has 0 fully saturated rings. The molecule has 0 saturated carbocycles. The molecule has 5 heteroatoms. The first-order valence-electron chi connectivity index (χ1n) is 6.26. The van der Waals surface area contributed by atoms with Crippen molar-refractivity contribution in [3.05, 3.63) is 57.3 Å². The first kappa shape index (κ1) is 13.7. The van der Waals surface area contributed by atoms with Crippen molar-refractivity contribution in [2.24, 2.45) is 0 Å². The Hall–Kier alpha value is -1.26. The molecule has 0 saturated heterocycles. The van der Waals surface area contributed by atoms with E-state index in [0.717, 1.165) is 27.9 Å². The molecule has 104 valence electrons. The molecule has 2 aromatic rings. The van der Waals surface area contributed by atoms with E-state index in [1.165, 1.54) is 12.1 Å². The summed E-state index contributed by atoms with van der Waals surface area (Å²) < 4.78 is 19.9. The van der Waals surface area contributed by atoms with E-state index in [0.29, 0.717) is 11.6 Å². The monoisotopic (exact) mass is 355 g/mol. The highest BCUT2D eigenvalue weighted by Crippen LogP contribution is 2.31. The third-order valence-corrected chi connectivity index (χ3v) is 4.14. The van der Waals surface area contributed by atoms with Crippen molar-refractivity contribution >= 4 is 33.2 Å². The highest BCUT2D eigenvalue weighted by molar-refractivity contribution is 9.10. The van der Waals surface area contributed by atoms with Crippen molar-refractivity contribution in [2.75, 3.05) is 11.9 Å². The maximum absolute atomic E-state index is 13.2. The van der Waals surface area contributed by atoms with Gasteiger partial charge in [-0.1, -0.05) is 11.6 Å². The third kappa shape index (κ3) is 2.91. The van der Waals surface area contributed by atoms with Crippen molar-refractivity contribution < 1.29 is 9.13 Å². The number of halogens is 3. The van der Waals surface area contributed by atoms with Crippen molar-refractivity contribution in [1.82, 2.24) is 0 Å². The molecule has 3 rings (SSSR count). The molecule has 2 nitrogen and oxygen atoms in total. The Bertz CT molecular complexity index is 650. The zero-order valence-corrected chi connectivity index (χ0v) is 12.8. The molecule has 1 aliphatic rings. The lowest BCUT2D eigenvalue weighted by atomic mass is 10.1. The van der Waals surface area contributed by atoms with Crippen LogP contribution < -0.4 is 10.1 Å². The second-order valence-electron chi connectivity index (χ2n) is 4.70. The summed E-state index contributed by atoms with van der Waals surface area (Å²) in [6.07, 6.45) is 0.828. The summed E-state index contributed by atoms with van der Waals surface area (Å²) in [6.45, 7) is 0.606. The second-order valence-corrected chi connectivity index (χ2v) is 5.99. The van der Waals surface area contributed by atoms with Crippen LogP contribution in [0.25, 0.3) is 0 Å². The lowest BCUT2D eigenvalue weighted by Gasteiger charge is -2.14. The molecule has 0 spiro atoms. The van der Waals surface area contributed by atoms with E-state index in [2.05, 4.69) is 21.2 Å². The summed E-state index contributed by atoms with van der Waals surface area (Å²) in [7, 11) is 0. The lowest BCUT2D eigenvalue weighted by molar-refractivity contribution is 0.246. The number of fused-ring (bicyclic) bond motifs is 1. The molecule has 0 aromatic heterocycles. The van der Waals surface area contributed by atoms with Crippen LogP contribution in [0, 0.1) is 5.82 Å². The van der Waals surface area contributed by atoms with E-state index < -0.39 is 0 Å². The summed E-state index contributed by atoms with van der Waals surface area (Å²) in [4.78, 5) is 0. The zero-order chi connectivity index (χ0) is 14.1. The fraction of sp³-hybridized carbons (Fsp3) is 0.200. The fourth-order valence-electron chi connectivity index (χ4n) is 2.26. The molecule has 0 aliphatic carbocycles. The molecule has 1 atom stereocenters. The Kier molecular flexibility index (Phi) is 3.85. The maximum Gasteiger partial charge on any atom is 0.125 e. The predicted octanol–water partition coefficient (Wildman–Crippen LogP) is 4.66. The van der Waals surface area contributed by atoms with Crippen LogP contribution in [-0.4, -0.2) is 12.6 Å². The van der Waals surface area contributed by atoms with Gasteiger partial charge in [-0.05, 0) is 57.9 Å². The van der Waals surface area contributed by atoms with E-state index in [-0.39, 0.29) is 11.9 Å². The minimum atomic E-state index is -0.266. The van der Waals surface area contributed by atoms with Crippen LogP contribution in [0.1, 0.15) is 5.56 Å². The van der Waals surface area contributed by atoms with Crippen LogP contribution in [0.4, 0.5) is 10.1 Å². The minimum absolute atomic E-state index is 0.0265. The van der Waals surface area contributed by atoms with Gasteiger partial charge in [0.25, 0.3) is 0 Å². The van der Waals surface area contributed by atoms with Gasteiger partial charge in [-0.15, -0.1) is 0 Å². The van der Waals surface area contributed by atoms with Crippen molar-refractivity contribution in [3.63, 3.8) is 0 Å². The molecule has 0 bridgehead atoms. The van der Waals surface area contributed by atoms with Crippen molar-refractivity contribution in [1.29, 1.82) is 0 Å². The highest BCUT2D eigenvalue weighted by atomic mass is 79.9. The average Bonchev–Trinajstić information content (AvgIpc) is 2.81. The van der Waals surface area contributed by atoms with Crippen LogP contribution in [-0.2, 0) is 6.42 Å². The summed E-state index contributed by atoms with van der Waals surface area (Å²) in [5.41, 5.74) is 1.84. The van der Waals surface area contributed by atoms with Crippen LogP contribution in [0.15, 0.2) is 40.9 Å². The Morgan fingerprint density at radius 2 is 2.15 bits per heavy atom. The van der Waals surface area contributed by atoms with E-state index in [9.17, 15) is 4.39 Å². The molecule has 0 radical (unpaired) electrons. The second kappa shape index (κ2) is 5.62. The van der Waals surface area contributed by atoms with Crippen LogP contribution in [0.5, 0.6) is 5.75 Å². The van der Waals surface area contributed by atoms with Crippen molar-refractivity contribution in [2.45, 2.75) is 12.5 Å². The van der Waals surface area contributed by atoms with Gasteiger partial charge < -0.3 is 10.1 Å². The summed E-state index contributed by atoms with van der Waals surface area (Å²) in [5, 5.41) is 3.92. The van der Waals surface area contributed by atoms with Gasteiger partial charge in [-0.25, -0.2) is 4.39 Å². The van der Waals surface area contributed by atoms with Gasteiger partial charge in [0.15, 0.2) is 0 Å². The molecular formula is C15H12BrClFNO. The third-order valence-electron chi connectivity index (χ3n) is 3.21. The summed E-state index contributed by atoms with van der Waals surface area (Å²) in [6, 6.07) is 10.2. The van der Waals surface area contributed by atoms with Crippen LogP contribution >= 0.6 is 27.5 Å². The number of nitrogens with one attached hydrogen (secondary N) is 1. The van der Waals surface area contributed by atoms with E-state index in [1.807, 2.05) is 18.2 Å². The fourth-order valence-corrected chi connectivity index (χ4v) is 2.84. The zero-order valence-electron chi connectivity index (χ0n) is 10.5. The van der Waals surface area contributed by atoms with E-state index >= 15 is 0 Å². The standard InChI is InChI=1S/C15H12BrClFNO/c16-13-3-2-11(18)7-14(13)19-8-12-6-9-5-10(17)1-4-15(9)20-12/h1-5,7,12,19H,6,8H2. The van der Waals surface area contributed by atoms with Crippen LogP contribution in [0.2, 0.25) is 5.02 Å². The topological polar surface area (TPSA) is 21.3 Å². The molecular weight excluding hydrogens is 345 g/mol. The molecule has 1 N–H and O–H groups in total. The summed E-state index contributed by atoms with van der Waals surface area (Å²) >= 11 is 9.35. The number of rotatable bonds is 3. The minimum Gasteiger partial charge on any atom is -0.488 e. The normalized spacial score (nSPS) is 16.6. The van der Waals surface area contributed by atoms with Gasteiger partial charge in [-0.3, -0.25) is 0 Å². The van der Waals surface area contributed by atoms with Crippen molar-refractivity contribution in [3.8, 4) is 5.75 Å². The molecule has 1 heterocycles. The van der Waals surface area contributed by atoms with Gasteiger partial charge in [-0.2, -0.15) is 0 Å². The average molecular weight is 357 g/mol. The number of ether oxygens (including phenoxy) is 1. The first-order chi connectivity index (χ1) is 9.61. The Morgan fingerprint density at radius 3 is 3.00 bits per heavy atom. The Labute approximate surface area is 130 Å². The quantitative estimate of drug-likeness (QED) is 0.864. The molecule has 0 amide bonds. The molecule has 20 heavy (non-hydrogen) atoms. The highest BCUT2D eigenvalue weighted by Gasteiger charge is 2.22. The lowest BCUT2D eigenvalue weighted by Crippen LogP contribution is -2.24. The van der Waals surface area contributed by atoms with Crippen LogP contribution in [0.3, 0.4) is 0 Å². The number of benzene rings is 2. The smallest absolute Gasteiger partial charge is 0.125 e. The number of anilines is 1. The SMILES string of the molecule is Fc1ccc(Br)c(NCC2Cc3cc(Cl)ccc3O2)c1. The number of hydrogen-bond donors (Lipinski definition) is 1. The van der Waals surface area contributed by atoms with Gasteiger partial charge in [0.2, 0.25) is 0 Å². The van der Waals surface area contributed by atoms with Gasteiger partial charge in [0, 0.05) is 15.9 Å². The Balaban J connectivity index is 1.65. The molecule has 1 unspecified atom stereocenters. The largest absolute Gasteiger partial charge is 0.488 e. The van der Waals surface area contributed by atoms with Gasteiger partial charge >= 0.3 is 0 Å². The number of hydrogen-bond acceptors (Lipinski definition) is 2.